The quantitative estimate of drug-likeness (QED) is 0.798. The van der Waals surface area contributed by atoms with Crippen LogP contribution in [0.3, 0.4) is 0 Å². The van der Waals surface area contributed by atoms with E-state index in [9.17, 15) is 4.79 Å². The lowest BCUT2D eigenvalue weighted by molar-refractivity contribution is -0.140. The maximum atomic E-state index is 12.7. The molecule has 2 unspecified atom stereocenters. The van der Waals surface area contributed by atoms with Crippen LogP contribution in [0.15, 0.2) is 0 Å². The van der Waals surface area contributed by atoms with Gasteiger partial charge in [0.1, 0.15) is 0 Å². The first-order valence-corrected chi connectivity index (χ1v) is 8.26. The number of hydrogen-bond acceptors (Lipinski definition) is 2. The number of carbonyl (C=O) groups is 1. The van der Waals surface area contributed by atoms with Gasteiger partial charge in [0.25, 0.3) is 0 Å². The summed E-state index contributed by atoms with van der Waals surface area (Å²) in [7, 11) is 0. The molecule has 0 aromatic rings. The van der Waals surface area contributed by atoms with Crippen molar-refractivity contribution in [2.75, 3.05) is 13.1 Å². The van der Waals surface area contributed by atoms with Gasteiger partial charge in [0.05, 0.1) is 0 Å². The molecule has 1 saturated heterocycles. The number of hydrogen-bond donors (Lipinski definition) is 1. The number of nitrogens with zero attached hydrogens (tertiary/aromatic N) is 1. The molecule has 1 aliphatic heterocycles. The molecule has 1 amide bonds. The largest absolute Gasteiger partial charge is 0.338 e. The molecule has 2 aliphatic rings. The molecule has 3 heteroatoms. The van der Waals surface area contributed by atoms with E-state index in [4.69, 9.17) is 5.73 Å². The van der Waals surface area contributed by atoms with Gasteiger partial charge >= 0.3 is 0 Å². The first-order valence-electron chi connectivity index (χ1n) is 8.26. The van der Waals surface area contributed by atoms with E-state index in [1.165, 1.54) is 38.5 Å². The third kappa shape index (κ3) is 3.71. The third-order valence-electron chi connectivity index (χ3n) is 5.16. The van der Waals surface area contributed by atoms with Crippen LogP contribution in [0.4, 0.5) is 0 Å². The minimum atomic E-state index is 0.287. The number of amides is 1. The van der Waals surface area contributed by atoms with E-state index in [1.807, 2.05) is 0 Å². The second kappa shape index (κ2) is 7.28. The van der Waals surface area contributed by atoms with Crippen molar-refractivity contribution in [1.29, 1.82) is 0 Å². The predicted molar refractivity (Wildman–Crippen MR) is 78.8 cm³/mol. The lowest BCUT2D eigenvalue weighted by Gasteiger charge is -2.40. The van der Waals surface area contributed by atoms with Crippen molar-refractivity contribution in [2.24, 2.45) is 17.6 Å². The molecule has 2 rings (SSSR count). The van der Waals surface area contributed by atoms with Crippen LogP contribution in [0.5, 0.6) is 0 Å². The first-order chi connectivity index (χ1) is 9.26. The highest BCUT2D eigenvalue weighted by Gasteiger charge is 2.33. The number of piperidine rings is 1. The van der Waals surface area contributed by atoms with E-state index in [-0.39, 0.29) is 5.92 Å². The Kier molecular flexibility index (Phi) is 5.68. The summed E-state index contributed by atoms with van der Waals surface area (Å²) < 4.78 is 0. The maximum absolute atomic E-state index is 12.7. The second-order valence-corrected chi connectivity index (χ2v) is 6.41. The molecule has 0 spiro atoms. The molecule has 2 fully saturated rings. The van der Waals surface area contributed by atoms with Crippen LogP contribution in [0.2, 0.25) is 0 Å². The summed E-state index contributed by atoms with van der Waals surface area (Å²) in [6, 6.07) is 0.300. The highest BCUT2D eigenvalue weighted by molar-refractivity contribution is 5.79. The molecule has 110 valence electrons. The van der Waals surface area contributed by atoms with Gasteiger partial charge in [-0.2, -0.15) is 0 Å². The molecule has 0 radical (unpaired) electrons. The average Bonchev–Trinajstić information content (AvgIpc) is 2.74. The fraction of sp³-hybridized carbons (Fsp3) is 0.938. The van der Waals surface area contributed by atoms with Gasteiger partial charge in [-0.3, -0.25) is 4.79 Å². The normalized spacial score (nSPS) is 30.1. The first kappa shape index (κ1) is 14.8. The number of carbonyl (C=O) groups excluding carboxylic acids is 1. The van der Waals surface area contributed by atoms with E-state index in [2.05, 4.69) is 11.8 Å². The summed E-state index contributed by atoms with van der Waals surface area (Å²) in [5.41, 5.74) is 5.91. The Balaban J connectivity index is 1.96. The van der Waals surface area contributed by atoms with E-state index in [1.54, 1.807) is 0 Å². The summed E-state index contributed by atoms with van der Waals surface area (Å²) in [4.78, 5) is 14.9. The lowest BCUT2D eigenvalue weighted by Crippen LogP contribution is -2.51. The minimum Gasteiger partial charge on any atom is -0.338 e. The van der Waals surface area contributed by atoms with Crippen molar-refractivity contribution >= 4 is 5.91 Å². The lowest BCUT2D eigenvalue weighted by atomic mass is 9.87. The zero-order chi connectivity index (χ0) is 13.7. The summed E-state index contributed by atoms with van der Waals surface area (Å²) in [5.74, 6) is 1.47. The van der Waals surface area contributed by atoms with E-state index >= 15 is 0 Å². The fourth-order valence-electron chi connectivity index (χ4n) is 3.78. The molecule has 2 N–H and O–H groups in total. The zero-order valence-corrected chi connectivity index (χ0v) is 12.4. The third-order valence-corrected chi connectivity index (χ3v) is 5.16. The van der Waals surface area contributed by atoms with Crippen molar-refractivity contribution in [2.45, 2.75) is 70.8 Å². The van der Waals surface area contributed by atoms with Crippen LogP contribution < -0.4 is 5.73 Å². The Labute approximate surface area is 117 Å². The van der Waals surface area contributed by atoms with Crippen molar-refractivity contribution in [1.82, 2.24) is 4.90 Å². The van der Waals surface area contributed by atoms with Gasteiger partial charge in [0, 0.05) is 25.0 Å². The molecular weight excluding hydrogens is 236 g/mol. The Morgan fingerprint density at radius 1 is 1.16 bits per heavy atom. The number of nitrogens with two attached hydrogens (primary N) is 1. The van der Waals surface area contributed by atoms with Crippen LogP contribution in [-0.2, 0) is 4.79 Å². The topological polar surface area (TPSA) is 46.3 Å². The number of likely N-dealkylation sites (tertiary alicyclic amines) is 1. The molecule has 1 aliphatic carbocycles. The van der Waals surface area contributed by atoms with Gasteiger partial charge in [0.15, 0.2) is 0 Å². The summed E-state index contributed by atoms with van der Waals surface area (Å²) in [6.07, 6.45) is 10.8. The second-order valence-electron chi connectivity index (χ2n) is 6.41. The van der Waals surface area contributed by atoms with Crippen molar-refractivity contribution < 1.29 is 4.79 Å². The van der Waals surface area contributed by atoms with E-state index in [0.717, 1.165) is 31.7 Å². The molecule has 1 heterocycles. The van der Waals surface area contributed by atoms with Crippen LogP contribution in [0.25, 0.3) is 0 Å². The summed E-state index contributed by atoms with van der Waals surface area (Å²) >= 11 is 0. The molecule has 0 aromatic carbocycles. The standard InChI is InChI=1S/C16H30N2O/c1-2-13-9-10-18(15(11-13)12-17)16(19)14-7-5-3-4-6-8-14/h13-15H,2-12,17H2,1H3. The van der Waals surface area contributed by atoms with E-state index in [0.29, 0.717) is 18.5 Å². The fourth-order valence-corrected chi connectivity index (χ4v) is 3.78. The maximum Gasteiger partial charge on any atom is 0.225 e. The van der Waals surface area contributed by atoms with Crippen LogP contribution >= 0.6 is 0 Å². The van der Waals surface area contributed by atoms with Crippen molar-refractivity contribution in [3.63, 3.8) is 0 Å². The highest BCUT2D eigenvalue weighted by atomic mass is 16.2. The SMILES string of the molecule is CCC1CCN(C(=O)C2CCCCCC2)C(CN)C1. The molecule has 0 bridgehead atoms. The minimum absolute atomic E-state index is 0.287. The molecule has 3 nitrogen and oxygen atoms in total. The molecule has 2 atom stereocenters. The molecule has 0 aromatic heterocycles. The Morgan fingerprint density at radius 2 is 1.84 bits per heavy atom. The molecular formula is C16H30N2O. The number of rotatable bonds is 3. The Morgan fingerprint density at radius 3 is 2.42 bits per heavy atom. The van der Waals surface area contributed by atoms with Crippen LogP contribution in [0.1, 0.15) is 64.7 Å². The van der Waals surface area contributed by atoms with Gasteiger partial charge < -0.3 is 10.6 Å². The molecule has 19 heavy (non-hydrogen) atoms. The van der Waals surface area contributed by atoms with E-state index < -0.39 is 0 Å². The predicted octanol–water partition coefficient (Wildman–Crippen LogP) is 2.93. The smallest absolute Gasteiger partial charge is 0.225 e. The van der Waals surface area contributed by atoms with Gasteiger partial charge in [-0.25, -0.2) is 0 Å². The highest BCUT2D eigenvalue weighted by Crippen LogP contribution is 2.30. The van der Waals surface area contributed by atoms with Gasteiger partial charge in [-0.15, -0.1) is 0 Å². The Bertz CT molecular complexity index is 284. The average molecular weight is 266 g/mol. The van der Waals surface area contributed by atoms with Crippen molar-refractivity contribution in [3.05, 3.63) is 0 Å². The van der Waals surface area contributed by atoms with Crippen LogP contribution in [-0.4, -0.2) is 29.9 Å². The zero-order valence-electron chi connectivity index (χ0n) is 12.4. The molecule has 1 saturated carbocycles. The van der Waals surface area contributed by atoms with Gasteiger partial charge in [-0.1, -0.05) is 39.0 Å². The monoisotopic (exact) mass is 266 g/mol. The Hall–Kier alpha value is -0.570. The van der Waals surface area contributed by atoms with Gasteiger partial charge in [0.2, 0.25) is 5.91 Å². The van der Waals surface area contributed by atoms with Crippen LogP contribution in [0, 0.1) is 11.8 Å². The summed E-state index contributed by atoms with van der Waals surface area (Å²) in [6.45, 7) is 3.83. The van der Waals surface area contributed by atoms with Crippen molar-refractivity contribution in [3.8, 4) is 0 Å². The summed E-state index contributed by atoms with van der Waals surface area (Å²) in [5, 5.41) is 0. The van der Waals surface area contributed by atoms with Gasteiger partial charge in [-0.05, 0) is 31.6 Å².